The summed E-state index contributed by atoms with van der Waals surface area (Å²) in [7, 11) is 2.60. The van der Waals surface area contributed by atoms with E-state index in [1.807, 2.05) is 0 Å². The minimum atomic E-state index is -4.58. The Labute approximate surface area is 131 Å². The molecule has 6 nitrogen and oxygen atoms in total. The minimum Gasteiger partial charge on any atom is -0.388 e. The number of ether oxygens (including phenoxy) is 1. The number of halogens is 3. The first-order valence-electron chi connectivity index (χ1n) is 7.37. The van der Waals surface area contributed by atoms with Crippen LogP contribution in [0.15, 0.2) is 6.07 Å². The molecular weight excluding hydrogens is 315 g/mol. The molecular formula is C14H20F3N3O3. The molecule has 0 aromatic carbocycles. The summed E-state index contributed by atoms with van der Waals surface area (Å²) in [6, 6.07) is 0.123. The Hall–Kier alpha value is -1.61. The van der Waals surface area contributed by atoms with Crippen LogP contribution < -0.4 is 5.32 Å². The standard InChI is InChI=1S/C14H20F3N3O3/c1-20-11(14(15,16)17)7-9(19-20)13(22)18-8-5-3-4-6-10(23-2)12(8)21/h7-8,10,12,21H,3-6H2,1-2H3,(H,18,22)/t8-,10-,12-/m1/s1. The van der Waals surface area contributed by atoms with E-state index in [9.17, 15) is 23.1 Å². The third-order valence-corrected chi connectivity index (χ3v) is 4.07. The summed E-state index contributed by atoms with van der Waals surface area (Å²) in [5.41, 5.74) is -1.33. The third-order valence-electron chi connectivity index (χ3n) is 4.07. The van der Waals surface area contributed by atoms with E-state index in [2.05, 4.69) is 10.4 Å². The summed E-state index contributed by atoms with van der Waals surface area (Å²) in [5, 5.41) is 16.4. The van der Waals surface area contributed by atoms with Crippen LogP contribution in [0.4, 0.5) is 13.2 Å². The van der Waals surface area contributed by atoms with Crippen LogP contribution in [-0.2, 0) is 18.0 Å². The van der Waals surface area contributed by atoms with Gasteiger partial charge in [0.2, 0.25) is 0 Å². The lowest BCUT2D eigenvalue weighted by molar-refractivity contribution is -0.143. The average molecular weight is 335 g/mol. The third kappa shape index (κ3) is 4.03. The Kier molecular flexibility index (Phi) is 5.30. The fraction of sp³-hybridized carbons (Fsp3) is 0.714. The minimum absolute atomic E-state index is 0.328. The van der Waals surface area contributed by atoms with Crippen molar-refractivity contribution >= 4 is 5.91 Å². The van der Waals surface area contributed by atoms with Crippen LogP contribution in [0.25, 0.3) is 0 Å². The number of aryl methyl sites for hydroxylation is 1. The normalized spacial score (nSPS) is 25.9. The molecule has 0 spiro atoms. The molecule has 1 saturated carbocycles. The highest BCUT2D eigenvalue weighted by Crippen LogP contribution is 2.29. The molecule has 1 amide bonds. The van der Waals surface area contributed by atoms with Gasteiger partial charge in [-0.2, -0.15) is 18.3 Å². The highest BCUT2D eigenvalue weighted by molar-refractivity contribution is 5.92. The van der Waals surface area contributed by atoms with Crippen molar-refractivity contribution in [1.82, 2.24) is 15.1 Å². The maximum absolute atomic E-state index is 12.7. The van der Waals surface area contributed by atoms with Crippen molar-refractivity contribution in [1.29, 1.82) is 0 Å². The summed E-state index contributed by atoms with van der Waals surface area (Å²) in [5.74, 6) is -0.739. The molecule has 1 aromatic heterocycles. The van der Waals surface area contributed by atoms with Gasteiger partial charge in [-0.05, 0) is 12.8 Å². The number of hydrogen-bond acceptors (Lipinski definition) is 4. The van der Waals surface area contributed by atoms with Crippen LogP contribution in [-0.4, -0.2) is 46.2 Å². The van der Waals surface area contributed by atoms with E-state index in [1.54, 1.807) is 0 Å². The molecule has 0 unspecified atom stereocenters. The Bertz CT molecular complexity index is 559. The number of aliphatic hydroxyl groups is 1. The average Bonchev–Trinajstić information content (AvgIpc) is 2.79. The maximum atomic E-state index is 12.7. The number of hydrogen-bond donors (Lipinski definition) is 2. The van der Waals surface area contributed by atoms with E-state index in [0.29, 0.717) is 23.6 Å². The number of methoxy groups -OCH3 is 1. The number of alkyl halides is 3. The van der Waals surface area contributed by atoms with Crippen LogP contribution in [0.5, 0.6) is 0 Å². The van der Waals surface area contributed by atoms with Gasteiger partial charge in [0.1, 0.15) is 11.8 Å². The maximum Gasteiger partial charge on any atom is 0.433 e. The van der Waals surface area contributed by atoms with Crippen molar-refractivity contribution in [3.63, 3.8) is 0 Å². The van der Waals surface area contributed by atoms with Crippen LogP contribution in [0, 0.1) is 0 Å². The molecule has 3 atom stereocenters. The van der Waals surface area contributed by atoms with Gasteiger partial charge >= 0.3 is 6.18 Å². The number of nitrogens with zero attached hydrogens (tertiary/aromatic N) is 2. The van der Waals surface area contributed by atoms with Gasteiger partial charge in [0.25, 0.3) is 5.91 Å². The molecule has 130 valence electrons. The number of nitrogens with one attached hydrogen (secondary N) is 1. The van der Waals surface area contributed by atoms with Crippen molar-refractivity contribution < 1.29 is 27.8 Å². The molecule has 23 heavy (non-hydrogen) atoms. The fourth-order valence-corrected chi connectivity index (χ4v) is 2.81. The molecule has 1 fully saturated rings. The van der Waals surface area contributed by atoms with Gasteiger partial charge in [-0.1, -0.05) is 12.8 Å². The number of rotatable bonds is 3. The molecule has 1 heterocycles. The van der Waals surface area contributed by atoms with Crippen LogP contribution in [0.1, 0.15) is 41.9 Å². The van der Waals surface area contributed by atoms with Gasteiger partial charge in [-0.15, -0.1) is 0 Å². The van der Waals surface area contributed by atoms with Crippen molar-refractivity contribution in [3.05, 3.63) is 17.5 Å². The first kappa shape index (κ1) is 17.7. The highest BCUT2D eigenvalue weighted by Gasteiger charge is 2.36. The quantitative estimate of drug-likeness (QED) is 0.821. The fourth-order valence-electron chi connectivity index (χ4n) is 2.81. The van der Waals surface area contributed by atoms with Crippen LogP contribution >= 0.6 is 0 Å². The van der Waals surface area contributed by atoms with Gasteiger partial charge < -0.3 is 15.2 Å². The molecule has 2 rings (SSSR count). The summed E-state index contributed by atoms with van der Waals surface area (Å²) < 4.78 is 44.1. The van der Waals surface area contributed by atoms with Crippen molar-refractivity contribution in [3.8, 4) is 0 Å². The molecule has 1 aromatic rings. The van der Waals surface area contributed by atoms with E-state index >= 15 is 0 Å². The van der Waals surface area contributed by atoms with Crippen molar-refractivity contribution in [2.45, 2.75) is 50.1 Å². The predicted octanol–water partition coefficient (Wildman–Crippen LogP) is 1.49. The van der Waals surface area contributed by atoms with E-state index in [1.165, 1.54) is 7.11 Å². The second kappa shape index (κ2) is 6.88. The lowest BCUT2D eigenvalue weighted by atomic mass is 10.0. The Morgan fingerprint density at radius 3 is 2.65 bits per heavy atom. The monoisotopic (exact) mass is 335 g/mol. The first-order chi connectivity index (χ1) is 10.7. The molecule has 9 heteroatoms. The lowest BCUT2D eigenvalue weighted by Gasteiger charge is -2.26. The zero-order chi connectivity index (χ0) is 17.2. The Balaban J connectivity index is 2.12. The van der Waals surface area contributed by atoms with Gasteiger partial charge in [0.15, 0.2) is 5.69 Å². The number of aliphatic hydroxyl groups excluding tert-OH is 1. The smallest absolute Gasteiger partial charge is 0.388 e. The zero-order valence-corrected chi connectivity index (χ0v) is 12.9. The number of amides is 1. The Morgan fingerprint density at radius 2 is 2.09 bits per heavy atom. The first-order valence-corrected chi connectivity index (χ1v) is 7.37. The number of carbonyl (C=O) groups is 1. The highest BCUT2D eigenvalue weighted by atomic mass is 19.4. The van der Waals surface area contributed by atoms with Gasteiger partial charge in [-0.3, -0.25) is 9.48 Å². The lowest BCUT2D eigenvalue weighted by Crippen LogP contribution is -2.48. The van der Waals surface area contributed by atoms with E-state index in [0.717, 1.165) is 19.9 Å². The van der Waals surface area contributed by atoms with E-state index < -0.39 is 36.0 Å². The summed E-state index contributed by atoms with van der Waals surface area (Å²) in [4.78, 5) is 12.2. The molecule has 1 aliphatic carbocycles. The second-order valence-electron chi connectivity index (χ2n) is 5.67. The molecule has 0 radical (unpaired) electrons. The summed E-state index contributed by atoms with van der Waals surface area (Å²) >= 11 is 0. The largest absolute Gasteiger partial charge is 0.433 e. The Morgan fingerprint density at radius 1 is 1.43 bits per heavy atom. The van der Waals surface area contributed by atoms with Crippen molar-refractivity contribution in [2.24, 2.45) is 7.05 Å². The summed E-state index contributed by atoms with van der Waals surface area (Å²) in [6.07, 6.45) is -3.04. The zero-order valence-electron chi connectivity index (χ0n) is 12.9. The number of carbonyl (C=O) groups excluding carboxylic acids is 1. The SMILES string of the molecule is CO[C@@H]1CCCC[C@@H](NC(=O)c2cc(C(F)(F)F)n(C)n2)[C@H]1O. The van der Waals surface area contributed by atoms with Crippen molar-refractivity contribution in [2.75, 3.05) is 7.11 Å². The van der Waals surface area contributed by atoms with Gasteiger partial charge in [0.05, 0.1) is 12.1 Å². The summed E-state index contributed by atoms with van der Waals surface area (Å²) in [6.45, 7) is 0. The molecule has 0 aliphatic heterocycles. The molecule has 0 saturated heterocycles. The number of aromatic nitrogens is 2. The predicted molar refractivity (Wildman–Crippen MR) is 74.7 cm³/mol. The van der Waals surface area contributed by atoms with E-state index in [4.69, 9.17) is 4.74 Å². The van der Waals surface area contributed by atoms with Crippen LogP contribution in [0.2, 0.25) is 0 Å². The van der Waals surface area contributed by atoms with E-state index in [-0.39, 0.29) is 5.69 Å². The molecule has 1 aliphatic rings. The molecule has 0 bridgehead atoms. The van der Waals surface area contributed by atoms with Crippen LogP contribution in [0.3, 0.4) is 0 Å². The topological polar surface area (TPSA) is 76.4 Å². The van der Waals surface area contributed by atoms with Gasteiger partial charge in [0, 0.05) is 20.2 Å². The second-order valence-corrected chi connectivity index (χ2v) is 5.67. The van der Waals surface area contributed by atoms with Gasteiger partial charge in [-0.25, -0.2) is 0 Å². The molecule has 2 N–H and O–H groups in total.